The van der Waals surface area contributed by atoms with E-state index in [2.05, 4.69) is 5.32 Å². The zero-order valence-electron chi connectivity index (χ0n) is 27.0. The SMILES string of the molecule is CN(C)CCN(C)C(=O)Oc1ccc2n1Cc1ccccc1N(C(=O)c1ccc(NC(=O)c3ccccc3-c3ccccc3)cc1Cl)C2. The van der Waals surface area contributed by atoms with Crippen molar-refractivity contribution in [3.63, 3.8) is 0 Å². The molecule has 5 aromatic rings. The monoisotopic (exact) mass is 661 g/mol. The summed E-state index contributed by atoms with van der Waals surface area (Å²) in [5.74, 6) is -0.175. The van der Waals surface area contributed by atoms with Gasteiger partial charge in [0.05, 0.1) is 23.7 Å². The van der Waals surface area contributed by atoms with Crippen LogP contribution in [0.4, 0.5) is 16.2 Å². The zero-order valence-corrected chi connectivity index (χ0v) is 27.8. The number of carbonyl (C=O) groups excluding carboxylic acids is 3. The first kappa shape index (κ1) is 32.6. The first-order valence-corrected chi connectivity index (χ1v) is 16.0. The smallest absolute Gasteiger partial charge is 0.393 e. The number of halogens is 1. The van der Waals surface area contributed by atoms with Crippen LogP contribution < -0.4 is 15.0 Å². The molecule has 9 nitrogen and oxygen atoms in total. The summed E-state index contributed by atoms with van der Waals surface area (Å²) in [6.45, 7) is 1.87. The molecular weight excluding hydrogens is 626 g/mol. The molecular formula is C38H36ClN5O4. The molecule has 1 aliphatic heterocycles. The number of likely N-dealkylation sites (N-methyl/N-ethyl adjacent to an activating group) is 2. The van der Waals surface area contributed by atoms with Crippen LogP contribution in [0.2, 0.25) is 5.02 Å². The van der Waals surface area contributed by atoms with E-state index < -0.39 is 6.09 Å². The summed E-state index contributed by atoms with van der Waals surface area (Å²) >= 11 is 6.74. The molecule has 0 atom stereocenters. The van der Waals surface area contributed by atoms with Crippen LogP contribution >= 0.6 is 11.6 Å². The Bertz CT molecular complexity index is 1970. The lowest BCUT2D eigenvalue weighted by atomic mass is 9.99. The summed E-state index contributed by atoms with van der Waals surface area (Å²) in [6.07, 6.45) is -0.453. The molecule has 0 aliphatic carbocycles. The van der Waals surface area contributed by atoms with Crippen molar-refractivity contribution in [2.24, 2.45) is 0 Å². The molecule has 0 saturated carbocycles. The zero-order chi connectivity index (χ0) is 33.8. The predicted molar refractivity (Wildman–Crippen MR) is 189 cm³/mol. The lowest BCUT2D eigenvalue weighted by molar-refractivity contribution is 0.0983. The number of anilines is 2. The molecule has 0 saturated heterocycles. The van der Waals surface area contributed by atoms with E-state index in [0.717, 1.165) is 28.1 Å². The molecule has 1 aliphatic rings. The molecule has 2 heterocycles. The largest absolute Gasteiger partial charge is 0.416 e. The summed E-state index contributed by atoms with van der Waals surface area (Å²) in [4.78, 5) is 45.6. The van der Waals surface area contributed by atoms with Gasteiger partial charge in [-0.15, -0.1) is 0 Å². The molecule has 244 valence electrons. The molecule has 1 N–H and O–H groups in total. The lowest BCUT2D eigenvalue weighted by Crippen LogP contribution is -2.35. The van der Waals surface area contributed by atoms with E-state index in [1.807, 2.05) is 102 Å². The van der Waals surface area contributed by atoms with Crippen molar-refractivity contribution >= 4 is 40.9 Å². The van der Waals surface area contributed by atoms with Crippen molar-refractivity contribution in [1.82, 2.24) is 14.4 Å². The summed E-state index contributed by atoms with van der Waals surface area (Å²) in [5.41, 5.74) is 5.45. The average molecular weight is 662 g/mol. The molecule has 3 amide bonds. The Balaban J connectivity index is 1.22. The van der Waals surface area contributed by atoms with Gasteiger partial charge in [0.15, 0.2) is 0 Å². The van der Waals surface area contributed by atoms with E-state index in [1.54, 1.807) is 42.3 Å². The maximum absolute atomic E-state index is 14.2. The number of para-hydroxylation sites is 1. The average Bonchev–Trinajstić information content (AvgIpc) is 3.37. The van der Waals surface area contributed by atoms with Crippen molar-refractivity contribution < 1.29 is 19.1 Å². The van der Waals surface area contributed by atoms with Crippen molar-refractivity contribution in [2.75, 3.05) is 44.4 Å². The number of fused-ring (bicyclic) bond motifs is 2. The molecule has 10 heteroatoms. The summed E-state index contributed by atoms with van der Waals surface area (Å²) in [5, 5.41) is 3.14. The van der Waals surface area contributed by atoms with Crippen LogP contribution in [0.25, 0.3) is 11.1 Å². The van der Waals surface area contributed by atoms with Gasteiger partial charge in [-0.05, 0) is 67.2 Å². The van der Waals surface area contributed by atoms with Gasteiger partial charge in [0.2, 0.25) is 5.88 Å². The van der Waals surface area contributed by atoms with Gasteiger partial charge < -0.3 is 29.3 Å². The van der Waals surface area contributed by atoms with Gasteiger partial charge in [-0.3, -0.25) is 9.59 Å². The van der Waals surface area contributed by atoms with Crippen LogP contribution in [0.15, 0.2) is 109 Å². The fraction of sp³-hybridized carbons (Fsp3) is 0.184. The fourth-order valence-corrected chi connectivity index (χ4v) is 5.93. The Morgan fingerprint density at radius 2 is 1.52 bits per heavy atom. The maximum Gasteiger partial charge on any atom is 0.416 e. The van der Waals surface area contributed by atoms with E-state index in [1.165, 1.54) is 4.90 Å². The summed E-state index contributed by atoms with van der Waals surface area (Å²) < 4.78 is 7.71. The number of hydrogen-bond donors (Lipinski definition) is 1. The van der Waals surface area contributed by atoms with Gasteiger partial charge in [0.25, 0.3) is 11.8 Å². The Labute approximate surface area is 284 Å². The standard InChI is InChI=1S/C38H36ClN5O4/c1-41(2)21-22-42(3)38(47)48-35-20-18-29-25-44(34-16-10-7-13-27(34)24-43(29)35)37(46)32-19-17-28(23-33(32)39)40-36(45)31-15-9-8-14-30(31)26-11-5-4-6-12-26/h4-20,23H,21-22,24-25H2,1-3H3,(H,40,45). The van der Waals surface area contributed by atoms with Crippen molar-refractivity contribution in [3.8, 4) is 17.0 Å². The summed E-state index contributed by atoms with van der Waals surface area (Å²) in [6, 6.07) is 33.3. The molecule has 6 rings (SSSR count). The third-order valence-electron chi connectivity index (χ3n) is 8.31. The van der Waals surface area contributed by atoms with Gasteiger partial charge in [-0.25, -0.2) is 4.79 Å². The number of rotatable bonds is 8. The van der Waals surface area contributed by atoms with Crippen LogP contribution in [-0.2, 0) is 13.1 Å². The third-order valence-corrected chi connectivity index (χ3v) is 8.62. The maximum atomic E-state index is 14.2. The minimum Gasteiger partial charge on any atom is -0.393 e. The number of amides is 3. The molecule has 0 fully saturated rings. The van der Waals surface area contributed by atoms with Crippen molar-refractivity contribution in [1.29, 1.82) is 0 Å². The normalized spacial score (nSPS) is 12.1. The van der Waals surface area contributed by atoms with Crippen LogP contribution in [0.1, 0.15) is 32.0 Å². The number of hydrogen-bond acceptors (Lipinski definition) is 5. The van der Waals surface area contributed by atoms with E-state index in [0.29, 0.717) is 42.3 Å². The topological polar surface area (TPSA) is 87.1 Å². The Morgan fingerprint density at radius 3 is 2.29 bits per heavy atom. The minimum absolute atomic E-state index is 0.210. The van der Waals surface area contributed by atoms with Gasteiger partial charge in [0.1, 0.15) is 0 Å². The highest BCUT2D eigenvalue weighted by atomic mass is 35.5. The first-order chi connectivity index (χ1) is 23.2. The van der Waals surface area contributed by atoms with E-state index >= 15 is 0 Å². The van der Waals surface area contributed by atoms with Crippen LogP contribution in [0.3, 0.4) is 0 Å². The number of nitrogens with zero attached hydrogens (tertiary/aromatic N) is 4. The molecule has 0 bridgehead atoms. The Morgan fingerprint density at radius 1 is 0.792 bits per heavy atom. The second-order valence-corrected chi connectivity index (χ2v) is 12.3. The second-order valence-electron chi connectivity index (χ2n) is 11.9. The molecule has 0 radical (unpaired) electrons. The van der Waals surface area contributed by atoms with Gasteiger partial charge >= 0.3 is 6.09 Å². The van der Waals surface area contributed by atoms with Gasteiger partial charge in [0, 0.05) is 48.8 Å². The second kappa shape index (κ2) is 14.2. The molecule has 48 heavy (non-hydrogen) atoms. The number of nitrogens with one attached hydrogen (secondary N) is 1. The summed E-state index contributed by atoms with van der Waals surface area (Å²) in [7, 11) is 5.60. The van der Waals surface area contributed by atoms with Crippen LogP contribution in [0, 0.1) is 0 Å². The Hall–Kier alpha value is -5.38. The number of benzene rings is 4. The van der Waals surface area contributed by atoms with Crippen LogP contribution in [0.5, 0.6) is 5.88 Å². The number of carbonyl (C=O) groups is 3. The van der Waals surface area contributed by atoms with Crippen molar-refractivity contribution in [3.05, 3.63) is 137 Å². The third kappa shape index (κ3) is 6.97. The van der Waals surface area contributed by atoms with Gasteiger partial charge in [-0.2, -0.15) is 0 Å². The highest BCUT2D eigenvalue weighted by Gasteiger charge is 2.28. The predicted octanol–water partition coefficient (Wildman–Crippen LogP) is 7.26. The number of ether oxygens (including phenoxy) is 1. The van der Waals surface area contributed by atoms with E-state index in [4.69, 9.17) is 16.3 Å². The molecule has 4 aromatic carbocycles. The van der Waals surface area contributed by atoms with Gasteiger partial charge in [-0.1, -0.05) is 78.3 Å². The van der Waals surface area contributed by atoms with E-state index in [9.17, 15) is 14.4 Å². The number of aromatic nitrogens is 1. The quantitative estimate of drug-likeness (QED) is 0.189. The highest BCUT2D eigenvalue weighted by molar-refractivity contribution is 6.35. The Kier molecular flexibility index (Phi) is 9.61. The van der Waals surface area contributed by atoms with E-state index in [-0.39, 0.29) is 23.4 Å². The lowest BCUT2D eigenvalue weighted by Gasteiger charge is -2.23. The first-order valence-electron chi connectivity index (χ1n) is 15.6. The molecule has 0 spiro atoms. The van der Waals surface area contributed by atoms with Crippen molar-refractivity contribution in [2.45, 2.75) is 13.1 Å². The molecule has 1 aromatic heterocycles. The highest BCUT2D eigenvalue weighted by Crippen LogP contribution is 2.34. The molecule has 0 unspecified atom stereocenters. The fourth-order valence-electron chi connectivity index (χ4n) is 5.67. The minimum atomic E-state index is -0.453. The van der Waals surface area contributed by atoms with Crippen LogP contribution in [-0.4, -0.2) is 66.5 Å².